The van der Waals surface area contributed by atoms with Crippen molar-refractivity contribution >= 4 is 17.5 Å². The molecule has 3 aromatic rings. The molecule has 0 spiro atoms. The lowest BCUT2D eigenvalue weighted by Gasteiger charge is -2.19. The van der Waals surface area contributed by atoms with Crippen molar-refractivity contribution in [2.75, 3.05) is 29.9 Å². The molecular formula is C24H24FN5O. The Labute approximate surface area is 180 Å². The highest BCUT2D eigenvalue weighted by Gasteiger charge is 2.17. The van der Waals surface area contributed by atoms with Crippen LogP contribution in [0.2, 0.25) is 0 Å². The van der Waals surface area contributed by atoms with E-state index in [9.17, 15) is 9.18 Å². The van der Waals surface area contributed by atoms with E-state index in [2.05, 4.69) is 32.7 Å². The van der Waals surface area contributed by atoms with Crippen LogP contribution in [0.15, 0.2) is 73.1 Å². The number of hydrogen-bond acceptors (Lipinski definition) is 5. The third-order valence-corrected chi connectivity index (χ3v) is 5.04. The van der Waals surface area contributed by atoms with Crippen LogP contribution in [0, 0.1) is 5.82 Å². The van der Waals surface area contributed by atoms with Gasteiger partial charge in [-0.2, -0.15) is 0 Å². The van der Waals surface area contributed by atoms with Gasteiger partial charge in [0, 0.05) is 38.6 Å². The number of rotatable bonds is 8. The minimum atomic E-state index is -0.255. The van der Waals surface area contributed by atoms with E-state index in [1.807, 2.05) is 24.3 Å². The summed E-state index contributed by atoms with van der Waals surface area (Å²) in [5.74, 6) is 0.858. The maximum absolute atomic E-state index is 13.4. The second-order valence-electron chi connectivity index (χ2n) is 7.29. The van der Waals surface area contributed by atoms with Gasteiger partial charge in [-0.15, -0.1) is 0 Å². The number of halogens is 1. The third kappa shape index (κ3) is 5.45. The summed E-state index contributed by atoms with van der Waals surface area (Å²) in [4.78, 5) is 23.8. The molecule has 0 unspecified atom stereocenters. The van der Waals surface area contributed by atoms with E-state index < -0.39 is 0 Å². The van der Waals surface area contributed by atoms with Gasteiger partial charge in [-0.25, -0.2) is 9.37 Å². The van der Waals surface area contributed by atoms with Gasteiger partial charge in [-0.3, -0.25) is 9.78 Å². The van der Waals surface area contributed by atoms with Crippen molar-refractivity contribution < 1.29 is 9.18 Å². The Morgan fingerprint density at radius 2 is 1.90 bits per heavy atom. The average Bonchev–Trinajstić information content (AvgIpc) is 3.33. The maximum atomic E-state index is 13.4. The molecule has 3 heterocycles. The molecule has 0 saturated heterocycles. The number of carbonyl (C=O) groups is 1. The second-order valence-corrected chi connectivity index (χ2v) is 7.29. The summed E-state index contributed by atoms with van der Waals surface area (Å²) in [6.45, 7) is 2.50. The zero-order chi connectivity index (χ0) is 21.5. The minimum absolute atomic E-state index is 0.212. The molecule has 1 amide bonds. The molecule has 0 saturated carbocycles. The first-order chi connectivity index (χ1) is 15.2. The fourth-order valence-corrected chi connectivity index (χ4v) is 3.41. The lowest BCUT2D eigenvalue weighted by atomic mass is 10.1. The van der Waals surface area contributed by atoms with E-state index in [-0.39, 0.29) is 11.7 Å². The molecule has 7 heteroatoms. The standard InChI is InChI=1S/C24H24FN5O/c25-20-7-3-5-18(15-20)10-12-27-23-21(8-9-22(29-23)30-13-1-2-14-30)24(31)28-17-19-6-4-11-26-16-19/h1-9,11,15-16H,10,12-14,17H2,(H,27,29)(H,28,31). The Morgan fingerprint density at radius 3 is 2.68 bits per heavy atom. The van der Waals surface area contributed by atoms with Crippen LogP contribution in [0.1, 0.15) is 21.5 Å². The highest BCUT2D eigenvalue weighted by Crippen LogP contribution is 2.21. The largest absolute Gasteiger partial charge is 0.369 e. The van der Waals surface area contributed by atoms with Gasteiger partial charge in [0.25, 0.3) is 5.91 Å². The number of carbonyl (C=O) groups excluding carboxylic acids is 1. The number of aromatic nitrogens is 2. The van der Waals surface area contributed by atoms with Crippen molar-refractivity contribution in [3.8, 4) is 0 Å². The molecule has 0 bridgehead atoms. The summed E-state index contributed by atoms with van der Waals surface area (Å²) in [6.07, 6.45) is 8.22. The van der Waals surface area contributed by atoms with E-state index in [1.165, 1.54) is 12.1 Å². The molecule has 0 radical (unpaired) electrons. The number of nitrogens with zero attached hydrogens (tertiary/aromatic N) is 3. The van der Waals surface area contributed by atoms with Gasteiger partial charge in [0.05, 0.1) is 5.56 Å². The van der Waals surface area contributed by atoms with Crippen molar-refractivity contribution in [2.45, 2.75) is 13.0 Å². The van der Waals surface area contributed by atoms with Crippen LogP contribution >= 0.6 is 0 Å². The number of anilines is 2. The maximum Gasteiger partial charge on any atom is 0.255 e. The Bertz CT molecular complexity index is 1060. The smallest absolute Gasteiger partial charge is 0.255 e. The number of nitrogens with one attached hydrogen (secondary N) is 2. The normalized spacial score (nSPS) is 12.7. The molecule has 1 aromatic carbocycles. The van der Waals surface area contributed by atoms with Crippen LogP contribution in [-0.4, -0.2) is 35.5 Å². The summed E-state index contributed by atoms with van der Waals surface area (Å²) in [7, 11) is 0. The van der Waals surface area contributed by atoms with E-state index in [4.69, 9.17) is 4.98 Å². The summed E-state index contributed by atoms with van der Waals surface area (Å²) in [6, 6.07) is 13.9. The van der Waals surface area contributed by atoms with E-state index in [0.717, 1.165) is 30.0 Å². The Kier molecular flexibility index (Phi) is 6.52. The minimum Gasteiger partial charge on any atom is -0.369 e. The predicted octanol–water partition coefficient (Wildman–Crippen LogP) is 3.58. The average molecular weight is 417 g/mol. The fraction of sp³-hybridized carbons (Fsp3) is 0.208. The number of benzene rings is 1. The molecule has 0 aliphatic carbocycles. The molecular weight excluding hydrogens is 393 g/mol. The third-order valence-electron chi connectivity index (χ3n) is 5.04. The summed E-state index contributed by atoms with van der Waals surface area (Å²) >= 11 is 0. The molecule has 1 aliphatic rings. The Morgan fingerprint density at radius 1 is 1.06 bits per heavy atom. The van der Waals surface area contributed by atoms with Crippen molar-refractivity contribution in [3.63, 3.8) is 0 Å². The van der Waals surface area contributed by atoms with Crippen LogP contribution < -0.4 is 15.5 Å². The van der Waals surface area contributed by atoms with Gasteiger partial charge < -0.3 is 15.5 Å². The van der Waals surface area contributed by atoms with Crippen LogP contribution in [-0.2, 0) is 13.0 Å². The highest BCUT2D eigenvalue weighted by molar-refractivity contribution is 5.99. The SMILES string of the molecule is O=C(NCc1cccnc1)c1ccc(N2CC=CC2)nc1NCCc1cccc(F)c1. The first-order valence-corrected chi connectivity index (χ1v) is 10.3. The van der Waals surface area contributed by atoms with Crippen LogP contribution in [0.3, 0.4) is 0 Å². The summed E-state index contributed by atoms with van der Waals surface area (Å²) < 4.78 is 13.4. The van der Waals surface area contributed by atoms with Gasteiger partial charge in [-0.05, 0) is 47.9 Å². The van der Waals surface area contributed by atoms with E-state index >= 15 is 0 Å². The molecule has 2 aromatic heterocycles. The Hall–Kier alpha value is -3.74. The number of amides is 1. The van der Waals surface area contributed by atoms with Crippen LogP contribution in [0.5, 0.6) is 0 Å². The monoisotopic (exact) mass is 417 g/mol. The number of hydrogen-bond donors (Lipinski definition) is 2. The second kappa shape index (κ2) is 9.84. The van der Waals surface area contributed by atoms with Crippen LogP contribution in [0.25, 0.3) is 0 Å². The molecule has 2 N–H and O–H groups in total. The zero-order valence-electron chi connectivity index (χ0n) is 17.1. The van der Waals surface area contributed by atoms with Gasteiger partial charge >= 0.3 is 0 Å². The van der Waals surface area contributed by atoms with Gasteiger partial charge in [0.1, 0.15) is 17.5 Å². The fourth-order valence-electron chi connectivity index (χ4n) is 3.41. The molecule has 0 fully saturated rings. The van der Waals surface area contributed by atoms with Gasteiger partial charge in [0.2, 0.25) is 0 Å². The van der Waals surface area contributed by atoms with Crippen LogP contribution in [0.4, 0.5) is 16.0 Å². The molecule has 0 atom stereocenters. The first kappa shape index (κ1) is 20.5. The molecule has 6 nitrogen and oxygen atoms in total. The molecule has 1 aliphatic heterocycles. The predicted molar refractivity (Wildman–Crippen MR) is 120 cm³/mol. The summed E-state index contributed by atoms with van der Waals surface area (Å²) in [5.41, 5.74) is 2.28. The van der Waals surface area contributed by atoms with Crippen molar-refractivity contribution in [1.82, 2.24) is 15.3 Å². The Balaban J connectivity index is 1.48. The van der Waals surface area contributed by atoms with E-state index in [1.54, 1.807) is 24.5 Å². The topological polar surface area (TPSA) is 70.2 Å². The van der Waals surface area contributed by atoms with Crippen molar-refractivity contribution in [2.24, 2.45) is 0 Å². The van der Waals surface area contributed by atoms with Gasteiger partial charge in [0.15, 0.2) is 0 Å². The lowest BCUT2D eigenvalue weighted by Crippen LogP contribution is -2.26. The van der Waals surface area contributed by atoms with Crippen molar-refractivity contribution in [3.05, 3.63) is 95.6 Å². The molecule has 31 heavy (non-hydrogen) atoms. The molecule has 4 rings (SSSR count). The zero-order valence-corrected chi connectivity index (χ0v) is 17.1. The quantitative estimate of drug-likeness (QED) is 0.549. The first-order valence-electron chi connectivity index (χ1n) is 10.3. The number of pyridine rings is 2. The van der Waals surface area contributed by atoms with Gasteiger partial charge in [-0.1, -0.05) is 30.4 Å². The van der Waals surface area contributed by atoms with E-state index in [0.29, 0.717) is 30.9 Å². The molecule has 158 valence electrons. The highest BCUT2D eigenvalue weighted by atomic mass is 19.1. The van der Waals surface area contributed by atoms with Crippen molar-refractivity contribution in [1.29, 1.82) is 0 Å². The summed E-state index contributed by atoms with van der Waals surface area (Å²) in [5, 5.41) is 6.20. The lowest BCUT2D eigenvalue weighted by molar-refractivity contribution is 0.0951.